The molecule has 0 saturated heterocycles. The molecule has 1 aromatic heterocycles. The van der Waals surface area contributed by atoms with E-state index in [0.29, 0.717) is 0 Å². The zero-order valence-electron chi connectivity index (χ0n) is 12.0. The van der Waals surface area contributed by atoms with Crippen LogP contribution in [0, 0.1) is 13.8 Å². The lowest BCUT2D eigenvalue weighted by Gasteiger charge is -2.17. The number of benzene rings is 1. The second-order valence-electron chi connectivity index (χ2n) is 4.98. The van der Waals surface area contributed by atoms with E-state index in [9.17, 15) is 0 Å². The van der Waals surface area contributed by atoms with Crippen LogP contribution >= 0.6 is 11.5 Å². The average molecular weight is 275 g/mol. The predicted molar refractivity (Wildman–Crippen MR) is 80.7 cm³/mol. The van der Waals surface area contributed by atoms with Crippen LogP contribution in [-0.2, 0) is 6.42 Å². The lowest BCUT2D eigenvalue weighted by atomic mass is 9.99. The molecule has 1 unspecified atom stereocenters. The van der Waals surface area contributed by atoms with Crippen LogP contribution in [0.5, 0.6) is 0 Å². The van der Waals surface area contributed by atoms with Crippen molar-refractivity contribution in [2.45, 2.75) is 39.7 Å². The Morgan fingerprint density at radius 2 is 1.89 bits per heavy atom. The Labute approximate surface area is 119 Å². The third kappa shape index (κ3) is 3.19. The number of nitrogens with zero attached hydrogens (tertiary/aromatic N) is 2. The van der Waals surface area contributed by atoms with Gasteiger partial charge in [0.2, 0.25) is 0 Å². The third-order valence-corrected chi connectivity index (χ3v) is 4.03. The lowest BCUT2D eigenvalue weighted by molar-refractivity contribution is 0.687. The molecule has 0 saturated carbocycles. The maximum Gasteiger partial charge on any atom is 0.0807 e. The summed E-state index contributed by atoms with van der Waals surface area (Å²) in [4.78, 5) is 1.24. The highest BCUT2D eigenvalue weighted by Crippen LogP contribution is 2.28. The summed E-state index contributed by atoms with van der Waals surface area (Å²) in [6.45, 7) is 6.45. The van der Waals surface area contributed by atoms with Crippen molar-refractivity contribution in [2.24, 2.45) is 0 Å². The minimum atomic E-state index is 0.195. The van der Waals surface area contributed by atoms with E-state index in [1.807, 2.05) is 7.05 Å². The minimum Gasteiger partial charge on any atom is -0.309 e. The highest BCUT2D eigenvalue weighted by Gasteiger charge is 2.19. The Kier molecular flexibility index (Phi) is 4.66. The van der Waals surface area contributed by atoms with Crippen LogP contribution < -0.4 is 5.32 Å². The molecular formula is C15H21N3S. The van der Waals surface area contributed by atoms with E-state index in [1.165, 1.54) is 33.1 Å². The van der Waals surface area contributed by atoms with Crippen LogP contribution in [0.1, 0.15) is 46.6 Å². The van der Waals surface area contributed by atoms with Gasteiger partial charge in [0.15, 0.2) is 0 Å². The van der Waals surface area contributed by atoms with Gasteiger partial charge in [-0.1, -0.05) is 47.2 Å². The summed E-state index contributed by atoms with van der Waals surface area (Å²) in [5.74, 6) is 0. The van der Waals surface area contributed by atoms with Gasteiger partial charge in [-0.25, -0.2) is 0 Å². The van der Waals surface area contributed by atoms with E-state index >= 15 is 0 Å². The van der Waals surface area contributed by atoms with Crippen LogP contribution in [-0.4, -0.2) is 16.6 Å². The van der Waals surface area contributed by atoms with Gasteiger partial charge in [0.1, 0.15) is 0 Å². The summed E-state index contributed by atoms with van der Waals surface area (Å²) in [6.07, 6.45) is 2.09. The van der Waals surface area contributed by atoms with Crippen molar-refractivity contribution in [3.8, 4) is 0 Å². The van der Waals surface area contributed by atoms with Gasteiger partial charge in [-0.3, -0.25) is 0 Å². The summed E-state index contributed by atoms with van der Waals surface area (Å²) < 4.78 is 4.13. The highest BCUT2D eigenvalue weighted by atomic mass is 32.1. The monoisotopic (exact) mass is 275 g/mol. The van der Waals surface area contributed by atoms with E-state index < -0.39 is 0 Å². The number of rotatable bonds is 5. The molecule has 0 spiro atoms. The smallest absolute Gasteiger partial charge is 0.0807 e. The van der Waals surface area contributed by atoms with Crippen molar-refractivity contribution in [1.82, 2.24) is 14.9 Å². The third-order valence-electron chi connectivity index (χ3n) is 3.20. The Balaban J connectivity index is 2.40. The molecule has 3 nitrogen and oxygen atoms in total. The van der Waals surface area contributed by atoms with Crippen LogP contribution in [0.3, 0.4) is 0 Å². The maximum atomic E-state index is 4.27. The standard InChI is InChI=1S/C15H21N3S/c1-5-6-13-15(19-18-17-13)14(16-4)12-8-10(2)7-11(3)9-12/h7-9,14,16H,5-6H2,1-4H3. The Bertz CT molecular complexity index is 528. The number of hydrogen-bond donors (Lipinski definition) is 1. The second-order valence-corrected chi connectivity index (χ2v) is 5.76. The quantitative estimate of drug-likeness (QED) is 0.908. The maximum absolute atomic E-state index is 4.27. The molecule has 4 heteroatoms. The van der Waals surface area contributed by atoms with Crippen LogP contribution in [0.2, 0.25) is 0 Å². The molecular weight excluding hydrogens is 254 g/mol. The van der Waals surface area contributed by atoms with E-state index in [-0.39, 0.29) is 6.04 Å². The lowest BCUT2D eigenvalue weighted by Crippen LogP contribution is -2.18. The Morgan fingerprint density at radius 3 is 2.47 bits per heavy atom. The van der Waals surface area contributed by atoms with Crippen molar-refractivity contribution < 1.29 is 0 Å². The van der Waals surface area contributed by atoms with Crippen molar-refractivity contribution in [3.05, 3.63) is 45.5 Å². The average Bonchev–Trinajstić information content (AvgIpc) is 2.78. The van der Waals surface area contributed by atoms with Gasteiger partial charge in [0.25, 0.3) is 0 Å². The summed E-state index contributed by atoms with van der Waals surface area (Å²) in [5.41, 5.74) is 5.02. The van der Waals surface area contributed by atoms with Crippen molar-refractivity contribution in [1.29, 1.82) is 0 Å². The molecule has 0 radical (unpaired) electrons. The molecule has 0 fully saturated rings. The second kappa shape index (κ2) is 6.26. The molecule has 1 aromatic carbocycles. The van der Waals surface area contributed by atoms with Gasteiger partial charge in [-0.05, 0) is 44.4 Å². The van der Waals surface area contributed by atoms with Crippen LogP contribution in [0.4, 0.5) is 0 Å². The largest absolute Gasteiger partial charge is 0.309 e. The van der Waals surface area contributed by atoms with Gasteiger partial charge in [0.05, 0.1) is 16.6 Å². The number of aromatic nitrogens is 2. The highest BCUT2D eigenvalue weighted by molar-refractivity contribution is 7.05. The fourth-order valence-corrected chi connectivity index (χ4v) is 3.31. The topological polar surface area (TPSA) is 37.8 Å². The van der Waals surface area contributed by atoms with Crippen molar-refractivity contribution in [2.75, 3.05) is 7.05 Å². The Morgan fingerprint density at radius 1 is 1.21 bits per heavy atom. The van der Waals surface area contributed by atoms with Gasteiger partial charge in [-0.15, -0.1) is 5.10 Å². The molecule has 102 valence electrons. The molecule has 1 atom stereocenters. The molecule has 2 rings (SSSR count). The molecule has 2 aromatic rings. The molecule has 0 aliphatic carbocycles. The Hall–Kier alpha value is -1.26. The molecule has 0 amide bonds. The van der Waals surface area contributed by atoms with E-state index in [2.05, 4.69) is 53.9 Å². The van der Waals surface area contributed by atoms with Gasteiger partial charge in [-0.2, -0.15) is 0 Å². The van der Waals surface area contributed by atoms with Crippen molar-refractivity contribution in [3.63, 3.8) is 0 Å². The SMILES string of the molecule is CCCc1nnsc1C(NC)c1cc(C)cc(C)c1. The summed E-state index contributed by atoms with van der Waals surface area (Å²) in [7, 11) is 2.00. The molecule has 1 heterocycles. The fourth-order valence-electron chi connectivity index (χ4n) is 2.47. The first-order valence-electron chi connectivity index (χ1n) is 6.72. The van der Waals surface area contributed by atoms with Crippen LogP contribution in [0.15, 0.2) is 18.2 Å². The summed E-state index contributed by atoms with van der Waals surface area (Å²) in [5, 5.41) is 7.68. The van der Waals surface area contributed by atoms with E-state index in [1.54, 1.807) is 0 Å². The van der Waals surface area contributed by atoms with E-state index in [0.717, 1.165) is 18.5 Å². The predicted octanol–water partition coefficient (Wildman–Crippen LogP) is 3.42. The van der Waals surface area contributed by atoms with Gasteiger partial charge in [0, 0.05) is 0 Å². The minimum absolute atomic E-state index is 0.195. The number of nitrogens with one attached hydrogen (secondary N) is 1. The molecule has 1 N–H and O–H groups in total. The fraction of sp³-hybridized carbons (Fsp3) is 0.467. The molecule has 19 heavy (non-hydrogen) atoms. The normalized spacial score (nSPS) is 12.6. The molecule has 0 aliphatic heterocycles. The first-order valence-corrected chi connectivity index (χ1v) is 7.49. The van der Waals surface area contributed by atoms with Crippen molar-refractivity contribution >= 4 is 11.5 Å². The molecule has 0 aliphatic rings. The first kappa shape index (κ1) is 14.2. The van der Waals surface area contributed by atoms with Crippen LogP contribution in [0.25, 0.3) is 0 Å². The first-order chi connectivity index (χ1) is 9.15. The zero-order chi connectivity index (χ0) is 13.8. The van der Waals surface area contributed by atoms with Gasteiger partial charge < -0.3 is 5.32 Å². The summed E-state index contributed by atoms with van der Waals surface area (Å²) in [6, 6.07) is 6.88. The molecule has 0 bridgehead atoms. The van der Waals surface area contributed by atoms with E-state index in [4.69, 9.17) is 0 Å². The summed E-state index contributed by atoms with van der Waals surface area (Å²) >= 11 is 1.51. The zero-order valence-corrected chi connectivity index (χ0v) is 12.8. The van der Waals surface area contributed by atoms with Gasteiger partial charge >= 0.3 is 0 Å². The number of hydrogen-bond acceptors (Lipinski definition) is 4. The number of aryl methyl sites for hydroxylation is 3.